The quantitative estimate of drug-likeness (QED) is 0.604. The van der Waals surface area contributed by atoms with Crippen molar-refractivity contribution in [1.82, 2.24) is 19.8 Å². The second-order valence-electron chi connectivity index (χ2n) is 7.58. The highest BCUT2D eigenvalue weighted by Crippen LogP contribution is 2.41. The van der Waals surface area contributed by atoms with Crippen LogP contribution in [0.25, 0.3) is 0 Å². The van der Waals surface area contributed by atoms with E-state index in [0.29, 0.717) is 30.3 Å². The van der Waals surface area contributed by atoms with E-state index in [1.165, 1.54) is 13.3 Å². The van der Waals surface area contributed by atoms with Crippen molar-refractivity contribution in [3.05, 3.63) is 71.8 Å². The minimum atomic E-state index is -0.443. The predicted octanol–water partition coefficient (Wildman–Crippen LogP) is 3.50. The molecule has 31 heavy (non-hydrogen) atoms. The van der Waals surface area contributed by atoms with E-state index in [4.69, 9.17) is 21.2 Å². The van der Waals surface area contributed by atoms with Gasteiger partial charge >= 0.3 is 0 Å². The second-order valence-corrected chi connectivity index (χ2v) is 8.01. The first-order valence-corrected chi connectivity index (χ1v) is 10.3. The fourth-order valence-electron chi connectivity index (χ4n) is 3.88. The van der Waals surface area contributed by atoms with E-state index in [1.807, 2.05) is 48.5 Å². The van der Waals surface area contributed by atoms with Crippen LogP contribution in [-0.2, 0) is 21.7 Å². The van der Waals surface area contributed by atoms with Crippen LogP contribution in [0.1, 0.15) is 18.9 Å². The number of rotatable bonds is 7. The Morgan fingerprint density at radius 1 is 1.26 bits per heavy atom. The molecule has 1 aromatic heterocycles. The number of amides is 1. The Labute approximate surface area is 185 Å². The van der Waals surface area contributed by atoms with E-state index < -0.39 is 5.54 Å². The molecule has 2 atom stereocenters. The van der Waals surface area contributed by atoms with Gasteiger partial charge in [0.1, 0.15) is 31.1 Å². The molecule has 1 saturated heterocycles. The van der Waals surface area contributed by atoms with Crippen LogP contribution in [-0.4, -0.2) is 45.5 Å². The predicted molar refractivity (Wildman–Crippen MR) is 117 cm³/mol. The number of hydrogen-bond donors (Lipinski definition) is 1. The van der Waals surface area contributed by atoms with E-state index in [9.17, 15) is 4.79 Å². The summed E-state index contributed by atoms with van der Waals surface area (Å²) >= 11 is 6.11. The Balaban J connectivity index is 1.48. The van der Waals surface area contributed by atoms with E-state index in [2.05, 4.69) is 15.4 Å². The monoisotopic (exact) mass is 441 g/mol. The Morgan fingerprint density at radius 2 is 2.00 bits per heavy atom. The van der Waals surface area contributed by atoms with Crippen LogP contribution in [0.2, 0.25) is 5.02 Å². The highest BCUT2D eigenvalue weighted by molar-refractivity contribution is 6.30. The van der Waals surface area contributed by atoms with Gasteiger partial charge in [-0.15, -0.1) is 0 Å². The molecule has 3 aromatic rings. The van der Waals surface area contributed by atoms with Crippen molar-refractivity contribution in [3.8, 4) is 5.75 Å². The van der Waals surface area contributed by atoms with E-state index in [1.54, 1.807) is 23.1 Å². The zero-order valence-electron chi connectivity index (χ0n) is 17.4. The van der Waals surface area contributed by atoms with E-state index in [-0.39, 0.29) is 12.0 Å². The number of nitrogens with zero attached hydrogens (tertiary/aromatic N) is 4. The lowest BCUT2D eigenvalue weighted by molar-refractivity contribution is -0.180. The molecule has 1 aliphatic heterocycles. The molecule has 1 amide bonds. The fraction of sp³-hybridized carbons (Fsp3) is 0.318. The maximum Gasteiger partial charge on any atom is 0.221 e. The molecule has 2 aromatic carbocycles. The number of likely N-dealkylation sites (N-methyl/N-ethyl adjacent to an activating group) is 1. The third kappa shape index (κ3) is 4.87. The fourth-order valence-corrected chi connectivity index (χ4v) is 4.01. The lowest BCUT2D eigenvalue weighted by Gasteiger charge is -2.34. The molecular formula is C22H24ClN5O3. The third-order valence-electron chi connectivity index (χ3n) is 5.36. The van der Waals surface area contributed by atoms with E-state index in [0.717, 1.165) is 11.3 Å². The normalized spacial score (nSPS) is 21.2. The SMILES string of the molecule is CC(=O)Nc1ccc(OC[C@@H]2C[C@@](Cn3cncn3)(c3ccc(Cl)cc3)N(C)O2)cc1. The van der Waals surface area contributed by atoms with Crippen molar-refractivity contribution in [2.24, 2.45) is 0 Å². The molecule has 2 heterocycles. The van der Waals surface area contributed by atoms with Gasteiger partial charge in [-0.25, -0.2) is 4.98 Å². The Kier molecular flexibility index (Phi) is 6.22. The van der Waals surface area contributed by atoms with Crippen LogP contribution < -0.4 is 10.1 Å². The van der Waals surface area contributed by atoms with Crippen molar-refractivity contribution in [2.75, 3.05) is 19.0 Å². The van der Waals surface area contributed by atoms with Gasteiger partial charge in [0.05, 0.1) is 12.1 Å². The largest absolute Gasteiger partial charge is 0.491 e. The first-order chi connectivity index (χ1) is 14.9. The zero-order chi connectivity index (χ0) is 21.8. The Morgan fingerprint density at radius 3 is 2.65 bits per heavy atom. The number of nitrogens with one attached hydrogen (secondary N) is 1. The molecule has 162 valence electrons. The number of hydrogen-bond acceptors (Lipinski definition) is 6. The zero-order valence-corrected chi connectivity index (χ0v) is 18.1. The topological polar surface area (TPSA) is 81.5 Å². The Hall–Kier alpha value is -2.94. The molecule has 8 nitrogen and oxygen atoms in total. The molecule has 1 aliphatic rings. The van der Waals surface area contributed by atoms with Gasteiger partial charge < -0.3 is 10.1 Å². The van der Waals surface area contributed by atoms with Gasteiger partial charge in [0.15, 0.2) is 0 Å². The number of carbonyl (C=O) groups is 1. The van der Waals surface area contributed by atoms with Crippen LogP contribution in [0.15, 0.2) is 61.2 Å². The molecule has 0 unspecified atom stereocenters. The average molecular weight is 442 g/mol. The Bertz CT molecular complexity index is 1010. The van der Waals surface area contributed by atoms with Crippen molar-refractivity contribution >= 4 is 23.2 Å². The van der Waals surface area contributed by atoms with Crippen molar-refractivity contribution in [3.63, 3.8) is 0 Å². The molecular weight excluding hydrogens is 418 g/mol. The molecule has 0 bridgehead atoms. The first kappa shape index (κ1) is 21.3. The summed E-state index contributed by atoms with van der Waals surface area (Å²) in [6.45, 7) is 2.44. The third-order valence-corrected chi connectivity index (χ3v) is 5.61. The standard InChI is InChI=1S/C22H24ClN5O3/c1-16(29)26-19-7-9-20(10-8-19)30-12-21-11-22(27(2)31-21,13-28-15-24-14-25-28)17-3-5-18(23)6-4-17/h3-10,14-15,21H,11-13H2,1-2H3,(H,26,29)/t21-,22+/m0/s1. The lowest BCUT2D eigenvalue weighted by Crippen LogP contribution is -2.42. The summed E-state index contributed by atoms with van der Waals surface area (Å²) in [5, 5.41) is 9.59. The number of hydroxylamine groups is 2. The van der Waals surface area contributed by atoms with Crippen molar-refractivity contribution in [2.45, 2.75) is 31.5 Å². The summed E-state index contributed by atoms with van der Waals surface area (Å²) < 4.78 is 7.77. The van der Waals surface area contributed by atoms with Gasteiger partial charge in [-0.2, -0.15) is 10.2 Å². The number of aromatic nitrogens is 3. The smallest absolute Gasteiger partial charge is 0.221 e. The first-order valence-electron chi connectivity index (χ1n) is 9.94. The van der Waals surface area contributed by atoms with Gasteiger partial charge in [-0.1, -0.05) is 23.7 Å². The highest BCUT2D eigenvalue weighted by atomic mass is 35.5. The van der Waals surface area contributed by atoms with Gasteiger partial charge in [0.25, 0.3) is 0 Å². The number of ether oxygens (including phenoxy) is 1. The number of halogens is 1. The summed E-state index contributed by atoms with van der Waals surface area (Å²) in [6, 6.07) is 15.1. The highest BCUT2D eigenvalue weighted by Gasteiger charge is 2.47. The van der Waals surface area contributed by atoms with Gasteiger partial charge in [-0.3, -0.25) is 14.3 Å². The maximum atomic E-state index is 11.2. The lowest BCUT2D eigenvalue weighted by atomic mass is 9.85. The van der Waals surface area contributed by atoms with Gasteiger partial charge in [-0.05, 0) is 42.0 Å². The number of benzene rings is 2. The molecule has 9 heteroatoms. The number of carbonyl (C=O) groups excluding carboxylic acids is 1. The molecule has 0 radical (unpaired) electrons. The van der Waals surface area contributed by atoms with Crippen molar-refractivity contribution in [1.29, 1.82) is 0 Å². The molecule has 0 aliphatic carbocycles. The van der Waals surface area contributed by atoms with Crippen LogP contribution in [0, 0.1) is 0 Å². The molecule has 0 saturated carbocycles. The summed E-state index contributed by atoms with van der Waals surface area (Å²) in [4.78, 5) is 21.4. The summed E-state index contributed by atoms with van der Waals surface area (Å²) in [7, 11) is 1.92. The van der Waals surface area contributed by atoms with Crippen LogP contribution in [0.4, 0.5) is 5.69 Å². The summed E-state index contributed by atoms with van der Waals surface area (Å²) in [5.41, 5.74) is 1.37. The van der Waals surface area contributed by atoms with Gasteiger partial charge in [0, 0.05) is 31.1 Å². The minimum Gasteiger partial charge on any atom is -0.491 e. The minimum absolute atomic E-state index is 0.109. The number of anilines is 1. The van der Waals surface area contributed by atoms with Crippen LogP contribution in [0.5, 0.6) is 5.75 Å². The van der Waals surface area contributed by atoms with E-state index >= 15 is 0 Å². The van der Waals surface area contributed by atoms with Crippen molar-refractivity contribution < 1.29 is 14.4 Å². The maximum absolute atomic E-state index is 11.2. The summed E-state index contributed by atoms with van der Waals surface area (Å²) in [6.07, 6.45) is 3.77. The van der Waals surface area contributed by atoms with Gasteiger partial charge in [0.2, 0.25) is 5.91 Å². The molecule has 1 fully saturated rings. The summed E-state index contributed by atoms with van der Waals surface area (Å²) in [5.74, 6) is 0.600. The van der Waals surface area contributed by atoms with Crippen LogP contribution >= 0.6 is 11.6 Å². The average Bonchev–Trinajstić information content (AvgIpc) is 3.36. The van der Waals surface area contributed by atoms with Crippen LogP contribution in [0.3, 0.4) is 0 Å². The second kappa shape index (κ2) is 9.05. The molecule has 0 spiro atoms. The molecule has 4 rings (SSSR count). The molecule has 1 N–H and O–H groups in total.